The molecule has 1 aliphatic heterocycles. The van der Waals surface area contributed by atoms with Gasteiger partial charge in [0, 0.05) is 38.3 Å². The fourth-order valence-electron chi connectivity index (χ4n) is 4.50. The van der Waals surface area contributed by atoms with E-state index >= 15 is 0 Å². The van der Waals surface area contributed by atoms with Gasteiger partial charge in [0.2, 0.25) is 0 Å². The molecule has 0 spiro atoms. The molecule has 1 aromatic heterocycles. The van der Waals surface area contributed by atoms with Crippen molar-refractivity contribution in [2.45, 2.75) is 64.2 Å². The molecule has 2 heterocycles. The first-order valence-corrected chi connectivity index (χ1v) is 13.2. The van der Waals surface area contributed by atoms with E-state index in [1.165, 1.54) is 0 Å². The molecule has 10 nitrogen and oxygen atoms in total. The maximum atomic E-state index is 12.7. The zero-order valence-corrected chi connectivity index (χ0v) is 22.7. The monoisotopic (exact) mass is 540 g/mol. The summed E-state index contributed by atoms with van der Waals surface area (Å²) in [6, 6.07) is 10.6. The number of carbonyl (C=O) groups is 2. The third-order valence-electron chi connectivity index (χ3n) is 6.51. The summed E-state index contributed by atoms with van der Waals surface area (Å²) in [5.41, 5.74) is 0.165. The van der Waals surface area contributed by atoms with E-state index in [2.05, 4.69) is 15.5 Å². The van der Waals surface area contributed by atoms with Crippen molar-refractivity contribution >= 4 is 29.4 Å². The van der Waals surface area contributed by atoms with E-state index in [9.17, 15) is 9.59 Å². The third-order valence-corrected chi connectivity index (χ3v) is 6.82. The lowest BCUT2D eigenvalue weighted by Gasteiger charge is -2.35. The summed E-state index contributed by atoms with van der Waals surface area (Å²) in [5, 5.41) is 20.8. The number of benzene rings is 1. The number of nitriles is 1. The molecule has 1 aromatic carbocycles. The van der Waals surface area contributed by atoms with Crippen LogP contribution in [0.1, 0.15) is 62.5 Å². The van der Waals surface area contributed by atoms with Gasteiger partial charge >= 0.3 is 6.09 Å². The highest BCUT2D eigenvalue weighted by atomic mass is 35.5. The quantitative estimate of drug-likeness (QED) is 0.599. The molecule has 1 saturated heterocycles. The number of halogens is 1. The third kappa shape index (κ3) is 7.25. The fourth-order valence-corrected chi connectivity index (χ4v) is 4.71. The number of hydrogen-bond acceptors (Lipinski definition) is 8. The van der Waals surface area contributed by atoms with Crippen LogP contribution in [0, 0.1) is 11.3 Å². The van der Waals surface area contributed by atoms with Crippen LogP contribution in [0.5, 0.6) is 5.75 Å². The van der Waals surface area contributed by atoms with Gasteiger partial charge in [-0.15, -0.1) is 10.2 Å². The van der Waals surface area contributed by atoms with Crippen LogP contribution in [0.3, 0.4) is 0 Å². The molecule has 2 fully saturated rings. The maximum absolute atomic E-state index is 12.7. The van der Waals surface area contributed by atoms with E-state index in [0.29, 0.717) is 48.3 Å². The zero-order valence-electron chi connectivity index (χ0n) is 21.9. The Morgan fingerprint density at radius 2 is 1.76 bits per heavy atom. The number of rotatable bonds is 5. The Balaban J connectivity index is 1.21. The van der Waals surface area contributed by atoms with Crippen molar-refractivity contribution in [2.75, 3.05) is 31.1 Å². The fraction of sp³-hybridized carbons (Fsp3) is 0.519. The Kier molecular flexibility index (Phi) is 8.57. The predicted molar refractivity (Wildman–Crippen MR) is 142 cm³/mol. The SMILES string of the molecule is CC(C)(C)OC(=O)N1CCN(c2ccc(C(=O)NC3CCC(Oc4ccc(C#N)c(Cl)c4)CC3)nn2)CC1. The summed E-state index contributed by atoms with van der Waals surface area (Å²) in [5.74, 6) is 1.07. The molecule has 202 valence electrons. The summed E-state index contributed by atoms with van der Waals surface area (Å²) in [7, 11) is 0. The van der Waals surface area contributed by atoms with Gasteiger partial charge < -0.3 is 24.6 Å². The van der Waals surface area contributed by atoms with Gasteiger partial charge in [-0.25, -0.2) is 4.79 Å². The van der Waals surface area contributed by atoms with Crippen LogP contribution in [-0.4, -0.2) is 71.0 Å². The Hall–Kier alpha value is -3.58. The lowest BCUT2D eigenvalue weighted by molar-refractivity contribution is 0.0240. The number of nitrogens with one attached hydrogen (secondary N) is 1. The Bertz CT molecular complexity index is 1180. The molecular weight excluding hydrogens is 508 g/mol. The second-order valence-electron chi connectivity index (χ2n) is 10.5. The van der Waals surface area contributed by atoms with Crippen LogP contribution >= 0.6 is 11.6 Å². The zero-order chi connectivity index (χ0) is 27.3. The van der Waals surface area contributed by atoms with Gasteiger partial charge in [0.15, 0.2) is 11.5 Å². The standard InChI is InChI=1S/C27H33ClN6O4/c1-27(2,3)38-26(36)34-14-12-33(13-15-34)24-11-10-23(31-32-24)25(35)30-19-5-8-20(9-6-19)37-21-7-4-18(17-29)22(28)16-21/h4,7,10-11,16,19-20H,5-6,8-9,12-15H2,1-3H3,(H,30,35). The number of aromatic nitrogens is 2. The minimum atomic E-state index is -0.524. The van der Waals surface area contributed by atoms with Gasteiger partial charge in [-0.1, -0.05) is 11.6 Å². The number of amides is 2. The van der Waals surface area contributed by atoms with Gasteiger partial charge in [0.1, 0.15) is 17.4 Å². The minimum Gasteiger partial charge on any atom is -0.490 e. The molecular formula is C27H33ClN6O4. The minimum absolute atomic E-state index is 0.0296. The summed E-state index contributed by atoms with van der Waals surface area (Å²) >= 11 is 6.09. The number of ether oxygens (including phenoxy) is 2. The smallest absolute Gasteiger partial charge is 0.410 e. The van der Waals surface area contributed by atoms with E-state index in [0.717, 1.165) is 25.7 Å². The lowest BCUT2D eigenvalue weighted by atomic mass is 9.93. The average molecular weight is 541 g/mol. The van der Waals surface area contributed by atoms with Crippen LogP contribution < -0.4 is 15.0 Å². The van der Waals surface area contributed by atoms with Gasteiger partial charge in [-0.05, 0) is 70.7 Å². The number of piperazine rings is 1. The van der Waals surface area contributed by atoms with E-state index in [1.807, 2.05) is 31.7 Å². The summed E-state index contributed by atoms with van der Waals surface area (Å²) in [4.78, 5) is 28.7. The molecule has 1 saturated carbocycles. The second kappa shape index (κ2) is 11.9. The summed E-state index contributed by atoms with van der Waals surface area (Å²) in [6.07, 6.45) is 2.88. The van der Waals surface area contributed by atoms with Gasteiger partial charge in [0.05, 0.1) is 16.7 Å². The van der Waals surface area contributed by atoms with Crippen LogP contribution in [-0.2, 0) is 4.74 Å². The molecule has 1 N–H and O–H groups in total. The van der Waals surface area contributed by atoms with Crippen molar-refractivity contribution in [1.29, 1.82) is 5.26 Å². The van der Waals surface area contributed by atoms with Crippen molar-refractivity contribution in [3.05, 3.63) is 46.6 Å². The number of carbonyl (C=O) groups excluding carboxylic acids is 2. The van der Waals surface area contributed by atoms with Gasteiger partial charge in [-0.3, -0.25) is 4.79 Å². The van der Waals surface area contributed by atoms with Crippen molar-refractivity contribution in [2.24, 2.45) is 0 Å². The lowest BCUT2D eigenvalue weighted by Crippen LogP contribution is -2.50. The number of hydrogen-bond donors (Lipinski definition) is 1. The molecule has 0 unspecified atom stereocenters. The highest BCUT2D eigenvalue weighted by Crippen LogP contribution is 2.27. The molecule has 11 heteroatoms. The molecule has 2 aromatic rings. The van der Waals surface area contributed by atoms with E-state index in [4.69, 9.17) is 26.3 Å². The molecule has 38 heavy (non-hydrogen) atoms. The molecule has 1 aliphatic carbocycles. The predicted octanol–water partition coefficient (Wildman–Crippen LogP) is 4.18. The number of nitrogens with zero attached hydrogens (tertiary/aromatic N) is 5. The van der Waals surface area contributed by atoms with Crippen molar-refractivity contribution in [3.8, 4) is 11.8 Å². The molecule has 2 amide bonds. The molecule has 2 aliphatic rings. The first-order valence-electron chi connectivity index (χ1n) is 12.8. The highest BCUT2D eigenvalue weighted by Gasteiger charge is 2.27. The summed E-state index contributed by atoms with van der Waals surface area (Å²) < 4.78 is 11.5. The first kappa shape index (κ1) is 27.5. The Morgan fingerprint density at radius 1 is 1.05 bits per heavy atom. The van der Waals surface area contributed by atoms with Crippen LogP contribution in [0.2, 0.25) is 5.02 Å². The van der Waals surface area contributed by atoms with E-state index in [1.54, 1.807) is 35.2 Å². The molecule has 0 atom stereocenters. The molecule has 0 radical (unpaired) electrons. The topological polar surface area (TPSA) is 121 Å². The van der Waals surface area contributed by atoms with Gasteiger partial charge in [-0.2, -0.15) is 5.26 Å². The average Bonchev–Trinajstić information content (AvgIpc) is 2.89. The number of anilines is 1. The van der Waals surface area contributed by atoms with Crippen LogP contribution in [0.15, 0.2) is 30.3 Å². The molecule has 4 rings (SSSR count). The normalized spacial score (nSPS) is 19.9. The second-order valence-corrected chi connectivity index (χ2v) is 11.0. The van der Waals surface area contributed by atoms with Crippen molar-refractivity contribution < 1.29 is 19.1 Å². The Morgan fingerprint density at radius 3 is 2.34 bits per heavy atom. The first-order chi connectivity index (χ1) is 18.1. The maximum Gasteiger partial charge on any atom is 0.410 e. The summed E-state index contributed by atoms with van der Waals surface area (Å²) in [6.45, 7) is 7.84. The largest absolute Gasteiger partial charge is 0.490 e. The molecule has 0 bridgehead atoms. The van der Waals surface area contributed by atoms with E-state index in [-0.39, 0.29) is 29.8 Å². The van der Waals surface area contributed by atoms with Crippen LogP contribution in [0.4, 0.5) is 10.6 Å². The Labute approximate surface area is 227 Å². The van der Waals surface area contributed by atoms with E-state index < -0.39 is 5.60 Å². The van der Waals surface area contributed by atoms with Gasteiger partial charge in [0.25, 0.3) is 5.91 Å². The van der Waals surface area contributed by atoms with Crippen molar-refractivity contribution in [3.63, 3.8) is 0 Å². The van der Waals surface area contributed by atoms with Crippen LogP contribution in [0.25, 0.3) is 0 Å². The highest BCUT2D eigenvalue weighted by molar-refractivity contribution is 6.31. The van der Waals surface area contributed by atoms with Crippen molar-refractivity contribution in [1.82, 2.24) is 20.4 Å².